The second-order valence-corrected chi connectivity index (χ2v) is 18.4. The van der Waals surface area contributed by atoms with Crippen LogP contribution in [0, 0.1) is 17.6 Å². The van der Waals surface area contributed by atoms with E-state index in [1.165, 1.54) is 53.6 Å². The van der Waals surface area contributed by atoms with Gasteiger partial charge in [0.1, 0.15) is 40.2 Å². The molecule has 2 aromatic heterocycles. The lowest BCUT2D eigenvalue weighted by Gasteiger charge is -2.30. The molecule has 5 atom stereocenters. The largest absolute Gasteiger partial charge is 0.472 e. The summed E-state index contributed by atoms with van der Waals surface area (Å²) < 4.78 is 66.8. The number of sulfonamides is 1. The number of carbonyl (C=O) groups is 4. The van der Waals surface area contributed by atoms with Gasteiger partial charge in [-0.15, -0.1) is 0 Å². The summed E-state index contributed by atoms with van der Waals surface area (Å²) in [6, 6.07) is 7.28. The van der Waals surface area contributed by atoms with E-state index in [9.17, 15) is 36.4 Å². The maximum atomic E-state index is 14.6. The highest BCUT2D eigenvalue weighted by Gasteiger charge is 2.63. The summed E-state index contributed by atoms with van der Waals surface area (Å²) in [6.07, 6.45) is 8.27. The molecule has 294 valence electrons. The Balaban J connectivity index is 1.14. The number of nitrogens with zero attached hydrogens (tertiary/aromatic N) is 3. The minimum Gasteiger partial charge on any atom is -0.472 e. The molecule has 1 saturated heterocycles. The van der Waals surface area contributed by atoms with E-state index in [0.29, 0.717) is 46.7 Å². The minimum atomic E-state index is -4.03. The number of rotatable bonds is 7. The van der Waals surface area contributed by atoms with Gasteiger partial charge >= 0.3 is 0 Å². The van der Waals surface area contributed by atoms with E-state index in [1.807, 2.05) is 12.2 Å². The molecule has 4 amide bonds. The van der Waals surface area contributed by atoms with Crippen LogP contribution in [0.3, 0.4) is 0 Å². The van der Waals surface area contributed by atoms with E-state index in [1.54, 1.807) is 6.92 Å². The van der Waals surface area contributed by atoms with Crippen molar-refractivity contribution in [3.8, 4) is 5.88 Å². The molecule has 2 aliphatic carbocycles. The molecule has 0 radical (unpaired) electrons. The van der Waals surface area contributed by atoms with Crippen molar-refractivity contribution in [3.05, 3.63) is 77.3 Å². The predicted molar refractivity (Wildman–Crippen MR) is 203 cm³/mol. The highest BCUT2D eigenvalue weighted by Crippen LogP contribution is 2.47. The average Bonchev–Trinajstić information content (AvgIpc) is 3.90. The molecular formula is C39H40F2N6O7S2. The summed E-state index contributed by atoms with van der Waals surface area (Å²) in [7, 11) is -4.03. The lowest BCUT2D eigenvalue weighted by atomic mass is 10.0. The number of nitrogens with one attached hydrogen (secondary N) is 3. The summed E-state index contributed by atoms with van der Waals surface area (Å²) in [5, 5.41) is 7.03. The predicted octanol–water partition coefficient (Wildman–Crippen LogP) is 4.66. The van der Waals surface area contributed by atoms with E-state index >= 15 is 0 Å². The lowest BCUT2D eigenvalue weighted by Crippen LogP contribution is -2.58. The van der Waals surface area contributed by atoms with Crippen LogP contribution in [0.1, 0.15) is 74.4 Å². The molecule has 0 bridgehead atoms. The lowest BCUT2D eigenvalue weighted by molar-refractivity contribution is -0.141. The van der Waals surface area contributed by atoms with E-state index < -0.39 is 79.7 Å². The zero-order valence-electron chi connectivity index (χ0n) is 30.4. The topological polar surface area (TPSA) is 177 Å². The van der Waals surface area contributed by atoms with Crippen molar-refractivity contribution >= 4 is 66.9 Å². The maximum Gasteiger partial charge on any atom is 0.263 e. The Bertz CT molecular complexity index is 2390. The number of pyridine rings is 1. The highest BCUT2D eigenvalue weighted by molar-refractivity contribution is 7.91. The molecule has 56 heavy (non-hydrogen) atoms. The van der Waals surface area contributed by atoms with Gasteiger partial charge < -0.3 is 20.3 Å². The monoisotopic (exact) mass is 806 g/mol. The van der Waals surface area contributed by atoms with Crippen molar-refractivity contribution in [2.24, 2.45) is 5.92 Å². The third-order valence-electron chi connectivity index (χ3n) is 11.4. The SMILES string of the molecule is CC1(S(=O)(=O)NC(=O)[C@@]23C[C@H]2/C=C\CCCCC[C@H](NC(=O)c2ccns2)C(=O)N2C[C@H](Oc4nc5cc(F)ccc5c5cc(F)ccc45)C[C@H]2C(=O)N3)CC1. The Kier molecular flexibility index (Phi) is 9.79. The zero-order valence-corrected chi connectivity index (χ0v) is 32.1. The molecule has 17 heteroatoms. The Morgan fingerprint density at radius 1 is 1.02 bits per heavy atom. The fourth-order valence-electron chi connectivity index (χ4n) is 7.68. The number of aromatic nitrogens is 2. The van der Waals surface area contributed by atoms with Crippen molar-refractivity contribution in [1.29, 1.82) is 0 Å². The van der Waals surface area contributed by atoms with Crippen LogP contribution >= 0.6 is 11.5 Å². The van der Waals surface area contributed by atoms with Crippen LogP contribution in [0.4, 0.5) is 8.78 Å². The van der Waals surface area contributed by atoms with Crippen molar-refractivity contribution in [3.63, 3.8) is 0 Å². The number of fused-ring (bicyclic) bond motifs is 5. The number of halogens is 2. The Morgan fingerprint density at radius 2 is 1.79 bits per heavy atom. The first-order valence-electron chi connectivity index (χ1n) is 18.7. The number of carbonyl (C=O) groups excluding carboxylic acids is 4. The molecule has 8 rings (SSSR count). The maximum absolute atomic E-state index is 14.6. The van der Waals surface area contributed by atoms with Gasteiger partial charge in [0.25, 0.3) is 11.8 Å². The summed E-state index contributed by atoms with van der Waals surface area (Å²) in [5.41, 5.74) is -1.37. The third kappa shape index (κ3) is 7.22. The molecule has 2 aliphatic heterocycles. The molecule has 3 N–H and O–H groups in total. The van der Waals surface area contributed by atoms with Crippen molar-refractivity contribution in [2.75, 3.05) is 6.54 Å². The van der Waals surface area contributed by atoms with Crippen molar-refractivity contribution < 1.29 is 41.1 Å². The van der Waals surface area contributed by atoms with Crippen LogP contribution in [0.5, 0.6) is 5.88 Å². The summed E-state index contributed by atoms with van der Waals surface area (Å²) >= 11 is 0.979. The molecule has 3 fully saturated rings. The quantitative estimate of drug-likeness (QED) is 0.177. The fourth-order valence-corrected chi connectivity index (χ4v) is 9.49. The standard InChI is InChI=1S/C39H40F2N6O7S2/c1-38(14-15-38)56(52,53)46-37(51)39-20-22(39)7-5-3-2-4-6-8-29(43-34(49)32-13-16-42-55-32)36(50)47-21-25(19-31(47)33(48)45-39)54-35-27-12-10-23(40)17-28(27)26-11-9-24(41)18-30(26)44-35/h5,7,9-13,16-18,22,25,29,31H,2-4,6,8,14-15,19-21H2,1H3,(H,43,49)(H,45,48)(H,46,51)/b7-5-/t22-,25-,29+,31+,39-/m1/s1. The molecule has 4 aromatic rings. The number of amides is 4. The van der Waals surface area contributed by atoms with Crippen LogP contribution in [0.25, 0.3) is 21.7 Å². The van der Waals surface area contributed by atoms with Gasteiger partial charge in [-0.1, -0.05) is 25.0 Å². The van der Waals surface area contributed by atoms with Gasteiger partial charge in [0.15, 0.2) is 0 Å². The van der Waals surface area contributed by atoms with E-state index in [4.69, 9.17) is 4.74 Å². The van der Waals surface area contributed by atoms with Gasteiger partial charge in [-0.2, -0.15) is 0 Å². The fraction of sp³-hybridized carbons (Fsp3) is 0.436. The zero-order chi connectivity index (χ0) is 39.4. The Morgan fingerprint density at radius 3 is 2.54 bits per heavy atom. The minimum absolute atomic E-state index is 0.0377. The molecule has 0 spiro atoms. The van der Waals surface area contributed by atoms with E-state index in [0.717, 1.165) is 24.4 Å². The number of benzene rings is 2. The van der Waals surface area contributed by atoms with Gasteiger partial charge in [-0.05, 0) is 98.8 Å². The van der Waals surface area contributed by atoms with Gasteiger partial charge in [0.2, 0.25) is 27.7 Å². The van der Waals surface area contributed by atoms with Crippen LogP contribution in [0.2, 0.25) is 0 Å². The number of hydrogen-bond donors (Lipinski definition) is 3. The molecule has 4 aliphatic rings. The van der Waals surface area contributed by atoms with Crippen LogP contribution in [-0.4, -0.2) is 81.3 Å². The van der Waals surface area contributed by atoms with E-state index in [-0.39, 0.29) is 37.2 Å². The van der Waals surface area contributed by atoms with Crippen LogP contribution in [-0.2, 0) is 24.4 Å². The third-order valence-corrected chi connectivity index (χ3v) is 14.3. The Hall–Kier alpha value is -5.03. The van der Waals surface area contributed by atoms with Crippen molar-refractivity contribution in [2.45, 2.75) is 93.2 Å². The number of ether oxygens (including phenoxy) is 1. The molecule has 4 heterocycles. The van der Waals surface area contributed by atoms with Gasteiger partial charge in [-0.25, -0.2) is 26.6 Å². The Labute approximate surface area is 325 Å². The molecule has 0 unspecified atom stereocenters. The number of hydrogen-bond acceptors (Lipinski definition) is 10. The van der Waals surface area contributed by atoms with Gasteiger partial charge in [-0.3, -0.25) is 23.9 Å². The molecule has 2 aromatic carbocycles. The highest BCUT2D eigenvalue weighted by atomic mass is 32.2. The smallest absolute Gasteiger partial charge is 0.263 e. The first-order chi connectivity index (χ1) is 26.8. The number of allylic oxidation sites excluding steroid dienone is 1. The molecular weight excluding hydrogens is 767 g/mol. The second kappa shape index (κ2) is 14.5. The summed E-state index contributed by atoms with van der Waals surface area (Å²) in [6.45, 7) is 1.43. The molecule has 2 saturated carbocycles. The summed E-state index contributed by atoms with van der Waals surface area (Å²) in [4.78, 5) is 62.4. The van der Waals surface area contributed by atoms with Crippen LogP contribution in [0.15, 0.2) is 60.8 Å². The first kappa shape index (κ1) is 37.9. The molecule has 13 nitrogen and oxygen atoms in total. The normalized spacial score (nSPS) is 26.9. The van der Waals surface area contributed by atoms with Gasteiger partial charge in [0, 0.05) is 35.4 Å². The summed E-state index contributed by atoms with van der Waals surface area (Å²) in [5.74, 6) is -4.11. The average molecular weight is 807 g/mol. The second-order valence-electron chi connectivity index (χ2n) is 15.4. The van der Waals surface area contributed by atoms with Gasteiger partial charge in [0.05, 0.1) is 16.8 Å². The van der Waals surface area contributed by atoms with Crippen molar-refractivity contribution in [1.82, 2.24) is 29.6 Å². The first-order valence-corrected chi connectivity index (χ1v) is 21.0. The van der Waals surface area contributed by atoms with E-state index in [2.05, 4.69) is 24.7 Å². The van der Waals surface area contributed by atoms with Crippen LogP contribution < -0.4 is 20.1 Å².